The summed E-state index contributed by atoms with van der Waals surface area (Å²) < 4.78 is 5.29. The Hall–Kier alpha value is -1.99. The quantitative estimate of drug-likeness (QED) is 0.645. The van der Waals surface area contributed by atoms with Gasteiger partial charge in [0.25, 0.3) is 5.69 Å². The number of hydrogen-bond acceptors (Lipinski definition) is 5. The van der Waals surface area contributed by atoms with Crippen LogP contribution in [0.4, 0.5) is 5.69 Å². The van der Waals surface area contributed by atoms with Crippen LogP contribution >= 0.6 is 0 Å². The lowest BCUT2D eigenvalue weighted by atomic mass is 10.1. The van der Waals surface area contributed by atoms with Gasteiger partial charge in [-0.3, -0.25) is 19.8 Å². The number of morpholine rings is 1. The molecule has 2 rings (SSSR count). The van der Waals surface area contributed by atoms with Gasteiger partial charge in [-0.2, -0.15) is 0 Å². The Kier molecular flexibility index (Phi) is 4.65. The summed E-state index contributed by atoms with van der Waals surface area (Å²) in [4.78, 5) is 23.4. The molecular weight excluding hydrogens is 264 g/mol. The molecule has 7 heteroatoms. The van der Waals surface area contributed by atoms with Crippen LogP contribution in [0.25, 0.3) is 0 Å². The topological polar surface area (TPSA) is 92.9 Å². The first kappa shape index (κ1) is 14.4. The third-order valence-electron chi connectivity index (χ3n) is 3.32. The summed E-state index contributed by atoms with van der Waals surface area (Å²) in [5.41, 5.74) is 0.655. The third-order valence-corrected chi connectivity index (χ3v) is 3.32. The van der Waals surface area contributed by atoms with Crippen molar-refractivity contribution in [3.63, 3.8) is 0 Å². The molecule has 0 radical (unpaired) electrons. The van der Waals surface area contributed by atoms with Crippen LogP contribution in [-0.2, 0) is 16.1 Å². The number of nitro groups is 1. The lowest BCUT2D eigenvalue weighted by molar-refractivity contribution is -0.385. The highest BCUT2D eigenvalue weighted by molar-refractivity contribution is 5.67. The van der Waals surface area contributed by atoms with E-state index < -0.39 is 10.9 Å². The molecule has 108 valence electrons. The molecule has 0 bridgehead atoms. The van der Waals surface area contributed by atoms with Gasteiger partial charge in [0.1, 0.15) is 0 Å². The number of nitro benzene ring substituents is 1. The maximum Gasteiger partial charge on any atom is 0.305 e. The molecule has 0 saturated carbocycles. The number of rotatable bonds is 5. The van der Waals surface area contributed by atoms with Crippen LogP contribution in [-0.4, -0.2) is 46.7 Å². The van der Waals surface area contributed by atoms with Crippen molar-refractivity contribution in [2.45, 2.75) is 19.0 Å². The second-order valence-corrected chi connectivity index (χ2v) is 4.68. The average molecular weight is 280 g/mol. The van der Waals surface area contributed by atoms with Gasteiger partial charge in [-0.1, -0.05) is 18.2 Å². The van der Waals surface area contributed by atoms with Gasteiger partial charge >= 0.3 is 5.97 Å². The van der Waals surface area contributed by atoms with Crippen LogP contribution in [0.3, 0.4) is 0 Å². The number of aliphatic carboxylic acids is 1. The zero-order valence-electron chi connectivity index (χ0n) is 10.9. The Morgan fingerprint density at radius 2 is 2.25 bits per heavy atom. The number of benzene rings is 1. The van der Waals surface area contributed by atoms with Crippen molar-refractivity contribution in [2.24, 2.45) is 0 Å². The number of para-hydroxylation sites is 1. The fourth-order valence-electron chi connectivity index (χ4n) is 2.33. The number of carboxylic acid groups (broad SMARTS) is 1. The molecule has 1 unspecified atom stereocenters. The van der Waals surface area contributed by atoms with Gasteiger partial charge in [0.2, 0.25) is 0 Å². The first-order chi connectivity index (χ1) is 9.58. The highest BCUT2D eigenvalue weighted by atomic mass is 16.6. The minimum Gasteiger partial charge on any atom is -0.481 e. The highest BCUT2D eigenvalue weighted by Crippen LogP contribution is 2.22. The van der Waals surface area contributed by atoms with Crippen molar-refractivity contribution >= 4 is 11.7 Å². The fraction of sp³-hybridized carbons (Fsp3) is 0.462. The van der Waals surface area contributed by atoms with Crippen LogP contribution in [0.5, 0.6) is 0 Å². The largest absolute Gasteiger partial charge is 0.481 e. The summed E-state index contributed by atoms with van der Waals surface area (Å²) in [6, 6.07) is 6.28. The zero-order chi connectivity index (χ0) is 14.5. The van der Waals surface area contributed by atoms with Crippen molar-refractivity contribution in [1.29, 1.82) is 0 Å². The predicted molar refractivity (Wildman–Crippen MR) is 70.4 cm³/mol. The maximum absolute atomic E-state index is 11.0. The van der Waals surface area contributed by atoms with Crippen LogP contribution in [0.1, 0.15) is 12.0 Å². The van der Waals surface area contributed by atoms with Gasteiger partial charge in [-0.25, -0.2) is 0 Å². The van der Waals surface area contributed by atoms with E-state index in [-0.39, 0.29) is 18.2 Å². The van der Waals surface area contributed by atoms with E-state index in [4.69, 9.17) is 9.84 Å². The molecule has 1 aromatic carbocycles. The number of nitrogens with zero attached hydrogens (tertiary/aromatic N) is 2. The van der Waals surface area contributed by atoms with Crippen molar-refractivity contribution in [1.82, 2.24) is 4.90 Å². The minimum atomic E-state index is -0.895. The molecule has 0 aliphatic carbocycles. The maximum atomic E-state index is 11.0. The lowest BCUT2D eigenvalue weighted by Gasteiger charge is -2.34. The van der Waals surface area contributed by atoms with E-state index in [9.17, 15) is 14.9 Å². The average Bonchev–Trinajstić information content (AvgIpc) is 2.41. The Morgan fingerprint density at radius 1 is 1.50 bits per heavy atom. The molecule has 1 N–H and O–H groups in total. The molecule has 1 aliphatic heterocycles. The number of hydrogen-bond donors (Lipinski definition) is 1. The summed E-state index contributed by atoms with van der Waals surface area (Å²) in [5, 5.41) is 19.9. The summed E-state index contributed by atoms with van der Waals surface area (Å²) in [6.45, 7) is 1.78. The molecule has 1 aromatic rings. The summed E-state index contributed by atoms with van der Waals surface area (Å²) in [7, 11) is 0. The lowest BCUT2D eigenvalue weighted by Crippen LogP contribution is -2.45. The molecule has 1 heterocycles. The fourth-order valence-corrected chi connectivity index (χ4v) is 2.33. The van der Waals surface area contributed by atoms with E-state index in [1.807, 2.05) is 4.90 Å². The molecule has 1 saturated heterocycles. The van der Waals surface area contributed by atoms with Crippen LogP contribution in [0, 0.1) is 10.1 Å². The van der Waals surface area contributed by atoms with Gasteiger partial charge in [0.15, 0.2) is 0 Å². The van der Waals surface area contributed by atoms with E-state index in [0.29, 0.717) is 31.9 Å². The van der Waals surface area contributed by atoms with Crippen molar-refractivity contribution in [3.8, 4) is 0 Å². The molecule has 7 nitrogen and oxygen atoms in total. The zero-order valence-corrected chi connectivity index (χ0v) is 10.9. The molecular formula is C13H16N2O5. The van der Waals surface area contributed by atoms with E-state index in [1.54, 1.807) is 18.2 Å². The van der Waals surface area contributed by atoms with Crippen LogP contribution in [0.2, 0.25) is 0 Å². The SMILES string of the molecule is O=C(O)CC1COCCN1Cc1ccccc1[N+](=O)[O-]. The Labute approximate surface area is 115 Å². The van der Waals surface area contributed by atoms with Gasteiger partial charge in [-0.15, -0.1) is 0 Å². The molecule has 0 aromatic heterocycles. The van der Waals surface area contributed by atoms with Gasteiger partial charge in [-0.05, 0) is 0 Å². The molecule has 1 atom stereocenters. The molecule has 0 amide bonds. The first-order valence-electron chi connectivity index (χ1n) is 6.34. The van der Waals surface area contributed by atoms with E-state index in [1.165, 1.54) is 6.07 Å². The smallest absolute Gasteiger partial charge is 0.305 e. The first-order valence-corrected chi connectivity index (χ1v) is 6.34. The van der Waals surface area contributed by atoms with Crippen LogP contribution < -0.4 is 0 Å². The van der Waals surface area contributed by atoms with Gasteiger partial charge < -0.3 is 9.84 Å². The molecule has 1 aliphatic rings. The highest BCUT2D eigenvalue weighted by Gasteiger charge is 2.27. The van der Waals surface area contributed by atoms with Gasteiger partial charge in [0, 0.05) is 30.8 Å². The second kappa shape index (κ2) is 6.44. The van der Waals surface area contributed by atoms with E-state index >= 15 is 0 Å². The normalized spacial score (nSPS) is 19.7. The summed E-state index contributed by atoms with van der Waals surface area (Å²) in [5.74, 6) is -0.895. The standard InChI is InChI=1S/C13H16N2O5/c16-13(17)7-11-9-20-6-5-14(11)8-10-3-1-2-4-12(10)15(18)19/h1-4,11H,5-9H2,(H,16,17). The molecule has 20 heavy (non-hydrogen) atoms. The predicted octanol–water partition coefficient (Wildman–Crippen LogP) is 1.27. The van der Waals surface area contributed by atoms with Crippen molar-refractivity contribution in [2.75, 3.05) is 19.8 Å². The Morgan fingerprint density at radius 3 is 2.95 bits per heavy atom. The molecule has 1 fully saturated rings. The minimum absolute atomic E-state index is 0.0272. The van der Waals surface area contributed by atoms with Crippen molar-refractivity contribution < 1.29 is 19.6 Å². The van der Waals surface area contributed by atoms with E-state index in [0.717, 1.165) is 0 Å². The number of carbonyl (C=O) groups is 1. The third kappa shape index (κ3) is 3.52. The Balaban J connectivity index is 2.14. The second-order valence-electron chi connectivity index (χ2n) is 4.68. The van der Waals surface area contributed by atoms with Crippen molar-refractivity contribution in [3.05, 3.63) is 39.9 Å². The molecule has 0 spiro atoms. The van der Waals surface area contributed by atoms with Crippen LogP contribution in [0.15, 0.2) is 24.3 Å². The number of carboxylic acids is 1. The number of ether oxygens (including phenoxy) is 1. The van der Waals surface area contributed by atoms with Gasteiger partial charge in [0.05, 0.1) is 24.6 Å². The van der Waals surface area contributed by atoms with E-state index in [2.05, 4.69) is 0 Å². The summed E-state index contributed by atoms with van der Waals surface area (Å²) in [6.07, 6.45) is -0.0272. The monoisotopic (exact) mass is 280 g/mol. The Bertz CT molecular complexity index is 505. The summed E-state index contributed by atoms with van der Waals surface area (Å²) >= 11 is 0.